The summed E-state index contributed by atoms with van der Waals surface area (Å²) in [5, 5.41) is 0.132. The second kappa shape index (κ2) is 7.41. The van der Waals surface area contributed by atoms with Crippen LogP contribution < -0.4 is 16.0 Å². The van der Waals surface area contributed by atoms with Crippen molar-refractivity contribution >= 4 is 11.6 Å². The Hall–Kier alpha value is -1.62. The van der Waals surface area contributed by atoms with Crippen LogP contribution in [0.15, 0.2) is 42.5 Å². The largest absolute Gasteiger partial charge is 0.497 e. The second-order valence-corrected chi connectivity index (χ2v) is 5.28. The maximum absolute atomic E-state index is 13.2. The number of nitrogens with one attached hydrogen (secondary N) is 1. The summed E-state index contributed by atoms with van der Waals surface area (Å²) in [6.45, 7) is 0. The first-order valence-corrected chi connectivity index (χ1v) is 7.03. The van der Waals surface area contributed by atoms with Gasteiger partial charge in [-0.15, -0.1) is 0 Å². The molecule has 0 radical (unpaired) electrons. The number of hydrogen-bond acceptors (Lipinski definition) is 3. The van der Waals surface area contributed by atoms with Gasteiger partial charge >= 0.3 is 0 Å². The molecule has 2 aromatic carbocycles. The van der Waals surface area contributed by atoms with E-state index in [1.807, 2.05) is 24.3 Å². The Kier molecular flexibility index (Phi) is 5.56. The number of hydrogen-bond donors (Lipinski definition) is 2. The molecule has 0 amide bonds. The molecule has 0 aliphatic heterocycles. The van der Waals surface area contributed by atoms with E-state index in [-0.39, 0.29) is 11.1 Å². The van der Waals surface area contributed by atoms with E-state index in [0.717, 1.165) is 23.3 Å². The van der Waals surface area contributed by atoms with Gasteiger partial charge in [0.2, 0.25) is 0 Å². The highest BCUT2D eigenvalue weighted by atomic mass is 35.5. The topological polar surface area (TPSA) is 47.3 Å². The summed E-state index contributed by atoms with van der Waals surface area (Å²) < 4.78 is 18.3. The Labute approximate surface area is 128 Å². The highest BCUT2D eigenvalue weighted by Gasteiger charge is 2.10. The molecule has 1 atom stereocenters. The van der Waals surface area contributed by atoms with E-state index in [1.165, 1.54) is 6.07 Å². The third-order valence-corrected chi connectivity index (χ3v) is 3.63. The van der Waals surface area contributed by atoms with Crippen LogP contribution in [0.4, 0.5) is 4.39 Å². The maximum atomic E-state index is 13.2. The highest BCUT2D eigenvalue weighted by Crippen LogP contribution is 2.18. The van der Waals surface area contributed by atoms with Gasteiger partial charge in [-0.25, -0.2) is 4.39 Å². The third kappa shape index (κ3) is 4.43. The third-order valence-electron chi connectivity index (χ3n) is 3.34. The molecule has 0 aromatic heterocycles. The molecule has 0 fully saturated rings. The Bertz CT molecular complexity index is 589. The molecule has 0 saturated heterocycles. The Balaban J connectivity index is 2.03. The van der Waals surface area contributed by atoms with E-state index in [9.17, 15) is 4.39 Å². The predicted molar refractivity (Wildman–Crippen MR) is 82.9 cm³/mol. The molecule has 5 heteroatoms. The van der Waals surface area contributed by atoms with Crippen LogP contribution in [0, 0.1) is 5.82 Å². The lowest BCUT2D eigenvalue weighted by molar-refractivity contribution is 0.414. The Morgan fingerprint density at radius 3 is 2.33 bits per heavy atom. The molecule has 0 aliphatic rings. The maximum Gasteiger partial charge on any atom is 0.141 e. The lowest BCUT2D eigenvalue weighted by Crippen LogP contribution is -2.38. The summed E-state index contributed by atoms with van der Waals surface area (Å²) in [5.74, 6) is 6.02. The van der Waals surface area contributed by atoms with Crippen molar-refractivity contribution in [2.45, 2.75) is 18.9 Å². The fraction of sp³-hybridized carbons (Fsp3) is 0.250. The average molecular weight is 309 g/mol. The fourth-order valence-corrected chi connectivity index (χ4v) is 2.39. The minimum Gasteiger partial charge on any atom is -0.497 e. The van der Waals surface area contributed by atoms with Gasteiger partial charge in [0.15, 0.2) is 0 Å². The second-order valence-electron chi connectivity index (χ2n) is 4.87. The Morgan fingerprint density at radius 1 is 1.14 bits per heavy atom. The predicted octanol–water partition coefficient (Wildman–Crippen LogP) is 3.10. The standard InChI is InChI=1S/C16H18ClFN2O/c1-21-14-5-2-11(3-6-14)8-13(20-19)9-12-4-7-16(18)15(17)10-12/h2-7,10,13,20H,8-9,19H2,1H3. The zero-order valence-corrected chi connectivity index (χ0v) is 12.5. The zero-order chi connectivity index (χ0) is 15.2. The van der Waals surface area contributed by atoms with E-state index in [1.54, 1.807) is 19.2 Å². The molecule has 0 heterocycles. The van der Waals surface area contributed by atoms with E-state index in [4.69, 9.17) is 22.2 Å². The number of nitrogens with two attached hydrogens (primary N) is 1. The molecule has 3 N–H and O–H groups in total. The summed E-state index contributed by atoms with van der Waals surface area (Å²) in [6.07, 6.45) is 1.43. The molecule has 0 aliphatic carbocycles. The van der Waals surface area contributed by atoms with Gasteiger partial charge in [0, 0.05) is 6.04 Å². The van der Waals surface area contributed by atoms with Crippen molar-refractivity contribution in [3.05, 3.63) is 64.4 Å². The quantitative estimate of drug-likeness (QED) is 0.637. The minimum absolute atomic E-state index is 0.0416. The van der Waals surface area contributed by atoms with Crippen LogP contribution in [0.25, 0.3) is 0 Å². The van der Waals surface area contributed by atoms with Crippen molar-refractivity contribution in [3.63, 3.8) is 0 Å². The van der Waals surface area contributed by atoms with Gasteiger partial charge < -0.3 is 4.74 Å². The molecule has 2 aromatic rings. The molecule has 112 valence electrons. The molecule has 2 rings (SSSR count). The number of halogens is 2. The summed E-state index contributed by atoms with van der Waals surface area (Å²) in [5.41, 5.74) is 4.88. The molecular weight excluding hydrogens is 291 g/mol. The fourth-order valence-electron chi connectivity index (χ4n) is 2.19. The lowest BCUT2D eigenvalue weighted by atomic mass is 9.99. The van der Waals surface area contributed by atoms with Crippen molar-refractivity contribution in [2.75, 3.05) is 7.11 Å². The summed E-state index contributed by atoms with van der Waals surface area (Å²) in [4.78, 5) is 0. The van der Waals surface area contributed by atoms with Crippen molar-refractivity contribution in [2.24, 2.45) is 5.84 Å². The van der Waals surface area contributed by atoms with Crippen LogP contribution in [0.3, 0.4) is 0 Å². The van der Waals surface area contributed by atoms with Crippen LogP contribution in [-0.4, -0.2) is 13.2 Å². The first kappa shape index (κ1) is 15.8. The summed E-state index contributed by atoms with van der Waals surface area (Å²) in [7, 11) is 1.64. The first-order valence-electron chi connectivity index (χ1n) is 6.65. The average Bonchev–Trinajstić information content (AvgIpc) is 2.51. The SMILES string of the molecule is COc1ccc(CC(Cc2ccc(F)c(Cl)c2)NN)cc1. The van der Waals surface area contributed by atoms with E-state index in [2.05, 4.69) is 5.43 Å². The highest BCUT2D eigenvalue weighted by molar-refractivity contribution is 6.30. The zero-order valence-electron chi connectivity index (χ0n) is 11.8. The normalized spacial score (nSPS) is 12.2. The van der Waals surface area contributed by atoms with Gasteiger partial charge in [-0.2, -0.15) is 0 Å². The van der Waals surface area contributed by atoms with Gasteiger partial charge in [0.1, 0.15) is 11.6 Å². The molecular formula is C16H18ClFN2O. The molecule has 3 nitrogen and oxygen atoms in total. The number of hydrazine groups is 1. The van der Waals surface area contributed by atoms with Crippen LogP contribution in [0.2, 0.25) is 5.02 Å². The summed E-state index contributed by atoms with van der Waals surface area (Å²) in [6, 6.07) is 12.6. The van der Waals surface area contributed by atoms with Crippen molar-refractivity contribution in [1.29, 1.82) is 0 Å². The monoisotopic (exact) mass is 308 g/mol. The van der Waals surface area contributed by atoms with Gasteiger partial charge in [-0.05, 0) is 48.2 Å². The van der Waals surface area contributed by atoms with Crippen LogP contribution in [0.1, 0.15) is 11.1 Å². The number of rotatable bonds is 6. The van der Waals surface area contributed by atoms with Gasteiger partial charge in [0.05, 0.1) is 12.1 Å². The van der Waals surface area contributed by atoms with Gasteiger partial charge in [-0.3, -0.25) is 11.3 Å². The van der Waals surface area contributed by atoms with Crippen LogP contribution >= 0.6 is 11.6 Å². The number of methoxy groups -OCH3 is 1. The van der Waals surface area contributed by atoms with Crippen molar-refractivity contribution < 1.29 is 9.13 Å². The summed E-state index contributed by atoms with van der Waals surface area (Å²) >= 11 is 5.79. The Morgan fingerprint density at radius 2 is 1.76 bits per heavy atom. The smallest absolute Gasteiger partial charge is 0.141 e. The molecule has 0 spiro atoms. The van der Waals surface area contributed by atoms with Crippen molar-refractivity contribution in [3.8, 4) is 5.75 Å². The molecule has 21 heavy (non-hydrogen) atoms. The minimum atomic E-state index is -0.409. The molecule has 0 bridgehead atoms. The number of ether oxygens (including phenoxy) is 1. The first-order chi connectivity index (χ1) is 10.1. The van der Waals surface area contributed by atoms with E-state index >= 15 is 0 Å². The molecule has 0 saturated carbocycles. The van der Waals surface area contributed by atoms with E-state index in [0.29, 0.717) is 6.42 Å². The van der Waals surface area contributed by atoms with Crippen LogP contribution in [-0.2, 0) is 12.8 Å². The van der Waals surface area contributed by atoms with E-state index < -0.39 is 5.82 Å². The molecule has 1 unspecified atom stereocenters. The van der Waals surface area contributed by atoms with Crippen molar-refractivity contribution in [1.82, 2.24) is 5.43 Å². The van der Waals surface area contributed by atoms with Gasteiger partial charge in [0.25, 0.3) is 0 Å². The van der Waals surface area contributed by atoms with Crippen LogP contribution in [0.5, 0.6) is 5.75 Å². The number of benzene rings is 2. The van der Waals surface area contributed by atoms with Gasteiger partial charge in [-0.1, -0.05) is 29.8 Å². The lowest BCUT2D eigenvalue weighted by Gasteiger charge is -2.16.